The molecule has 1 aromatic rings. The Morgan fingerprint density at radius 1 is 1.56 bits per heavy atom. The number of β-amino-alcohol motifs (C(OH)–C–C–N with tert-alkyl or cyclic N) is 1. The number of aromatic nitrogens is 2. The van der Waals surface area contributed by atoms with Crippen LogP contribution in [-0.4, -0.2) is 57.4 Å². The lowest BCUT2D eigenvalue weighted by Gasteiger charge is -2.20. The first-order chi connectivity index (χ1) is 8.34. The SMILES string of the molecule is Cn1nccc1S(=O)(=O)N1C[C@H](O)C[C@H]1C(=O)O. The number of aryl methyl sites for hydroxylation is 1. The van der Waals surface area contributed by atoms with Crippen molar-refractivity contribution in [2.24, 2.45) is 7.05 Å². The van der Waals surface area contributed by atoms with Gasteiger partial charge in [0.25, 0.3) is 10.0 Å². The van der Waals surface area contributed by atoms with E-state index in [1.165, 1.54) is 19.3 Å². The summed E-state index contributed by atoms with van der Waals surface area (Å²) in [5.74, 6) is -1.27. The number of carboxylic acid groups (broad SMARTS) is 1. The van der Waals surface area contributed by atoms with Crippen LogP contribution in [0, 0.1) is 0 Å². The molecule has 0 unspecified atom stereocenters. The first-order valence-corrected chi connectivity index (χ1v) is 6.68. The summed E-state index contributed by atoms with van der Waals surface area (Å²) in [5.41, 5.74) is 0. The van der Waals surface area contributed by atoms with Crippen molar-refractivity contribution in [3.8, 4) is 0 Å². The molecule has 0 bridgehead atoms. The van der Waals surface area contributed by atoms with Crippen molar-refractivity contribution in [2.75, 3.05) is 6.54 Å². The molecule has 1 aliphatic rings. The van der Waals surface area contributed by atoms with Crippen LogP contribution in [0.1, 0.15) is 6.42 Å². The molecular formula is C9H13N3O5S. The summed E-state index contributed by atoms with van der Waals surface area (Å²) in [4.78, 5) is 11.0. The van der Waals surface area contributed by atoms with Crippen molar-refractivity contribution in [1.82, 2.24) is 14.1 Å². The fourth-order valence-electron chi connectivity index (χ4n) is 2.01. The highest BCUT2D eigenvalue weighted by Gasteiger charge is 2.44. The molecule has 2 rings (SSSR count). The van der Waals surface area contributed by atoms with Gasteiger partial charge in [-0.1, -0.05) is 0 Å². The topological polar surface area (TPSA) is 113 Å². The lowest BCUT2D eigenvalue weighted by atomic mass is 10.2. The van der Waals surface area contributed by atoms with Gasteiger partial charge in [0.05, 0.1) is 12.3 Å². The molecule has 2 atom stereocenters. The Kier molecular flexibility index (Phi) is 3.13. The molecule has 1 aliphatic heterocycles. The van der Waals surface area contributed by atoms with Gasteiger partial charge in [-0.15, -0.1) is 0 Å². The second kappa shape index (κ2) is 4.34. The van der Waals surface area contributed by atoms with Crippen LogP contribution in [0.3, 0.4) is 0 Å². The average molecular weight is 275 g/mol. The number of hydrogen-bond donors (Lipinski definition) is 2. The summed E-state index contributed by atoms with van der Waals surface area (Å²) in [6.07, 6.45) is 0.246. The Balaban J connectivity index is 2.41. The van der Waals surface area contributed by atoms with Crippen LogP contribution in [0.2, 0.25) is 0 Å². The van der Waals surface area contributed by atoms with E-state index < -0.39 is 28.1 Å². The van der Waals surface area contributed by atoms with E-state index in [0.717, 1.165) is 8.99 Å². The highest BCUT2D eigenvalue weighted by Crippen LogP contribution is 2.26. The van der Waals surface area contributed by atoms with Crippen LogP contribution < -0.4 is 0 Å². The van der Waals surface area contributed by atoms with Crippen LogP contribution in [0.25, 0.3) is 0 Å². The molecule has 0 aliphatic carbocycles. The van der Waals surface area contributed by atoms with Crippen molar-refractivity contribution in [2.45, 2.75) is 23.6 Å². The molecule has 18 heavy (non-hydrogen) atoms. The van der Waals surface area contributed by atoms with Crippen LogP contribution in [0.4, 0.5) is 0 Å². The van der Waals surface area contributed by atoms with Gasteiger partial charge in [0.15, 0.2) is 5.03 Å². The van der Waals surface area contributed by atoms with Gasteiger partial charge in [0, 0.05) is 20.0 Å². The maximum absolute atomic E-state index is 12.3. The van der Waals surface area contributed by atoms with E-state index in [-0.39, 0.29) is 18.0 Å². The molecule has 1 fully saturated rings. The van der Waals surface area contributed by atoms with Gasteiger partial charge in [-0.2, -0.15) is 9.40 Å². The van der Waals surface area contributed by atoms with Crippen molar-refractivity contribution in [3.63, 3.8) is 0 Å². The predicted molar refractivity (Wildman–Crippen MR) is 59.1 cm³/mol. The van der Waals surface area contributed by atoms with Gasteiger partial charge in [-0.05, 0) is 6.07 Å². The second-order valence-corrected chi connectivity index (χ2v) is 5.95. The Hall–Kier alpha value is -1.45. The van der Waals surface area contributed by atoms with Crippen LogP contribution in [0.5, 0.6) is 0 Å². The maximum atomic E-state index is 12.3. The molecule has 0 radical (unpaired) electrons. The lowest BCUT2D eigenvalue weighted by Crippen LogP contribution is -2.41. The third-order valence-corrected chi connectivity index (χ3v) is 4.82. The fraction of sp³-hybridized carbons (Fsp3) is 0.556. The number of nitrogens with zero attached hydrogens (tertiary/aromatic N) is 3. The second-order valence-electron chi connectivity index (χ2n) is 4.11. The van der Waals surface area contributed by atoms with E-state index in [2.05, 4.69) is 5.10 Å². The molecule has 1 saturated heterocycles. The summed E-state index contributed by atoms with van der Waals surface area (Å²) < 4.78 is 26.5. The Morgan fingerprint density at radius 2 is 2.22 bits per heavy atom. The van der Waals surface area contributed by atoms with Crippen molar-refractivity contribution in [3.05, 3.63) is 12.3 Å². The van der Waals surface area contributed by atoms with Gasteiger partial charge in [0.1, 0.15) is 6.04 Å². The van der Waals surface area contributed by atoms with Crippen LogP contribution in [-0.2, 0) is 21.9 Å². The number of aliphatic hydroxyl groups excluding tert-OH is 1. The molecule has 0 spiro atoms. The summed E-state index contributed by atoms with van der Waals surface area (Å²) in [5, 5.41) is 22.1. The van der Waals surface area contributed by atoms with Gasteiger partial charge in [0.2, 0.25) is 0 Å². The van der Waals surface area contributed by atoms with Crippen LogP contribution >= 0.6 is 0 Å². The standard InChI is InChI=1S/C9H13N3O5S/c1-11-8(2-3-10-11)18(16,17)12-5-6(13)4-7(12)9(14)15/h2-3,6-7,13H,4-5H2,1H3,(H,14,15)/t6-,7+/m1/s1. The number of carbonyl (C=O) groups is 1. The van der Waals surface area contributed by atoms with Crippen molar-refractivity contribution >= 4 is 16.0 Å². The molecule has 100 valence electrons. The molecular weight excluding hydrogens is 262 g/mol. The number of aliphatic hydroxyl groups is 1. The Morgan fingerprint density at radius 3 is 2.72 bits per heavy atom. The Bertz CT molecular complexity index is 567. The first-order valence-electron chi connectivity index (χ1n) is 5.24. The van der Waals surface area contributed by atoms with Gasteiger partial charge < -0.3 is 10.2 Å². The molecule has 0 saturated carbocycles. The normalized spacial score (nSPS) is 25.4. The third kappa shape index (κ3) is 2.00. The van der Waals surface area contributed by atoms with E-state index in [1.54, 1.807) is 0 Å². The highest BCUT2D eigenvalue weighted by molar-refractivity contribution is 7.89. The lowest BCUT2D eigenvalue weighted by molar-refractivity contribution is -0.140. The zero-order chi connectivity index (χ0) is 13.5. The molecule has 0 amide bonds. The Labute approximate surface area is 103 Å². The summed E-state index contributed by atoms with van der Waals surface area (Å²) in [7, 11) is -2.51. The van der Waals surface area contributed by atoms with E-state index in [1.807, 2.05) is 0 Å². The number of carboxylic acids is 1. The molecule has 0 aromatic carbocycles. The monoisotopic (exact) mass is 275 g/mol. The van der Waals surface area contributed by atoms with Gasteiger partial charge in [-0.25, -0.2) is 8.42 Å². The van der Waals surface area contributed by atoms with Gasteiger partial charge in [-0.3, -0.25) is 9.48 Å². The van der Waals surface area contributed by atoms with Gasteiger partial charge >= 0.3 is 5.97 Å². The molecule has 1 aromatic heterocycles. The zero-order valence-corrected chi connectivity index (χ0v) is 10.4. The summed E-state index contributed by atoms with van der Waals surface area (Å²) in [6.45, 7) is -0.218. The predicted octanol–water partition coefficient (Wildman–Crippen LogP) is -1.37. The molecule has 2 heterocycles. The molecule has 8 nitrogen and oxygen atoms in total. The van der Waals surface area contributed by atoms with E-state index in [4.69, 9.17) is 5.11 Å². The van der Waals surface area contributed by atoms with Crippen LogP contribution in [0.15, 0.2) is 17.3 Å². The number of rotatable bonds is 3. The minimum Gasteiger partial charge on any atom is -0.480 e. The highest BCUT2D eigenvalue weighted by atomic mass is 32.2. The fourth-order valence-corrected chi connectivity index (χ4v) is 3.74. The number of aliphatic carboxylic acids is 1. The minimum atomic E-state index is -3.96. The quantitative estimate of drug-likeness (QED) is 0.703. The van der Waals surface area contributed by atoms with Crippen molar-refractivity contribution in [1.29, 1.82) is 0 Å². The van der Waals surface area contributed by atoms with E-state index in [9.17, 15) is 18.3 Å². The number of sulfonamides is 1. The molecule has 2 N–H and O–H groups in total. The minimum absolute atomic E-state index is 0.0946. The van der Waals surface area contributed by atoms with Crippen molar-refractivity contribution < 1.29 is 23.4 Å². The third-order valence-electron chi connectivity index (χ3n) is 2.87. The van der Waals surface area contributed by atoms with E-state index >= 15 is 0 Å². The molecule has 9 heteroatoms. The average Bonchev–Trinajstić information content (AvgIpc) is 2.84. The largest absolute Gasteiger partial charge is 0.480 e. The smallest absolute Gasteiger partial charge is 0.322 e. The number of hydrogen-bond acceptors (Lipinski definition) is 5. The maximum Gasteiger partial charge on any atom is 0.322 e. The first kappa shape index (κ1) is 13.0. The summed E-state index contributed by atoms with van der Waals surface area (Å²) in [6, 6.07) is 0.0544. The summed E-state index contributed by atoms with van der Waals surface area (Å²) >= 11 is 0. The zero-order valence-electron chi connectivity index (χ0n) is 9.59. The van der Waals surface area contributed by atoms with E-state index in [0.29, 0.717) is 0 Å².